The molecule has 0 aliphatic carbocycles. The SMILES string of the molecule is COc1cc(/C=N\NC(=O)c2cc3cc(Br)cc(Br)c3o2)cc(Cl)c1OCc1ccc(C)cc1. The Bertz CT molecular complexity index is 1380. The fraction of sp³-hybridized carbons (Fsp3) is 0.120. The van der Waals surface area contributed by atoms with Gasteiger partial charge in [-0.1, -0.05) is 57.4 Å². The molecule has 174 valence electrons. The van der Waals surface area contributed by atoms with Gasteiger partial charge in [0.25, 0.3) is 0 Å². The van der Waals surface area contributed by atoms with Crippen LogP contribution in [0.25, 0.3) is 11.0 Å². The highest BCUT2D eigenvalue weighted by atomic mass is 79.9. The van der Waals surface area contributed by atoms with E-state index < -0.39 is 5.91 Å². The Labute approximate surface area is 218 Å². The molecule has 34 heavy (non-hydrogen) atoms. The monoisotopic (exact) mass is 604 g/mol. The quantitative estimate of drug-likeness (QED) is 0.177. The summed E-state index contributed by atoms with van der Waals surface area (Å²) in [6.07, 6.45) is 1.46. The van der Waals surface area contributed by atoms with Crippen LogP contribution >= 0.6 is 43.5 Å². The molecule has 4 aromatic rings. The van der Waals surface area contributed by atoms with Gasteiger partial charge in [0.2, 0.25) is 0 Å². The van der Waals surface area contributed by atoms with E-state index in [9.17, 15) is 4.79 Å². The molecular formula is C25H19Br2ClN2O4. The predicted molar refractivity (Wildman–Crippen MR) is 140 cm³/mol. The topological polar surface area (TPSA) is 73.1 Å². The van der Waals surface area contributed by atoms with Crippen LogP contribution in [0.4, 0.5) is 0 Å². The van der Waals surface area contributed by atoms with Gasteiger partial charge >= 0.3 is 5.91 Å². The van der Waals surface area contributed by atoms with Gasteiger partial charge in [0.1, 0.15) is 12.2 Å². The van der Waals surface area contributed by atoms with Gasteiger partial charge in [-0.15, -0.1) is 0 Å². The second-order valence-corrected chi connectivity index (χ2v) is 9.60. The standard InChI is InChI=1S/C25H19Br2ClN2O4/c1-14-3-5-15(6-4-14)13-33-24-20(28)7-16(8-21(24)32-2)12-29-30-25(31)22-10-17-9-18(26)11-19(27)23(17)34-22/h3-12H,13H2,1-2H3,(H,30,31)/b29-12-. The number of halogens is 3. The summed E-state index contributed by atoms with van der Waals surface area (Å²) in [6.45, 7) is 2.38. The summed E-state index contributed by atoms with van der Waals surface area (Å²) in [4.78, 5) is 12.5. The maximum absolute atomic E-state index is 12.5. The zero-order valence-corrected chi connectivity index (χ0v) is 22.1. The van der Waals surface area contributed by atoms with E-state index in [-0.39, 0.29) is 5.76 Å². The highest BCUT2D eigenvalue weighted by Crippen LogP contribution is 2.36. The molecule has 6 nitrogen and oxygen atoms in total. The molecule has 0 saturated carbocycles. The number of methoxy groups -OCH3 is 1. The summed E-state index contributed by atoms with van der Waals surface area (Å²) in [6, 6.07) is 16.8. The molecule has 0 aliphatic rings. The number of ether oxygens (including phenoxy) is 2. The minimum atomic E-state index is -0.480. The Kier molecular flexibility index (Phi) is 7.60. The lowest BCUT2D eigenvalue weighted by Gasteiger charge is -2.13. The van der Waals surface area contributed by atoms with E-state index in [1.54, 1.807) is 18.2 Å². The first-order chi connectivity index (χ1) is 16.3. The molecule has 3 aromatic carbocycles. The smallest absolute Gasteiger partial charge is 0.307 e. The number of amides is 1. The van der Waals surface area contributed by atoms with E-state index in [0.29, 0.717) is 34.3 Å². The highest BCUT2D eigenvalue weighted by molar-refractivity contribution is 9.11. The van der Waals surface area contributed by atoms with E-state index in [1.807, 2.05) is 43.3 Å². The molecule has 0 fully saturated rings. The third kappa shape index (κ3) is 5.63. The van der Waals surface area contributed by atoms with Crippen molar-refractivity contribution in [2.24, 2.45) is 5.10 Å². The normalized spacial score (nSPS) is 11.2. The molecule has 0 aliphatic heterocycles. The Morgan fingerprint density at radius 1 is 1.15 bits per heavy atom. The van der Waals surface area contributed by atoms with Crippen LogP contribution in [-0.4, -0.2) is 19.2 Å². The molecule has 0 atom stereocenters. The number of benzene rings is 3. The number of hydrogen-bond acceptors (Lipinski definition) is 5. The lowest BCUT2D eigenvalue weighted by Crippen LogP contribution is -2.16. The summed E-state index contributed by atoms with van der Waals surface area (Å²) < 4.78 is 18.6. The third-order valence-electron chi connectivity index (χ3n) is 4.89. The Hall–Kier alpha value is -2.81. The Balaban J connectivity index is 1.45. The van der Waals surface area contributed by atoms with Crippen LogP contribution in [0.15, 0.2) is 73.1 Å². The summed E-state index contributed by atoms with van der Waals surface area (Å²) in [5.41, 5.74) is 5.86. The van der Waals surface area contributed by atoms with Crippen molar-refractivity contribution in [1.82, 2.24) is 5.43 Å². The number of aryl methyl sites for hydroxylation is 1. The summed E-state index contributed by atoms with van der Waals surface area (Å²) in [7, 11) is 1.53. The Morgan fingerprint density at radius 3 is 2.65 bits per heavy atom. The minimum Gasteiger partial charge on any atom is -0.493 e. The lowest BCUT2D eigenvalue weighted by molar-refractivity contribution is 0.0929. The molecule has 1 heterocycles. The van der Waals surface area contributed by atoms with Crippen LogP contribution in [0, 0.1) is 6.92 Å². The van der Waals surface area contributed by atoms with Crippen LogP contribution in [0.5, 0.6) is 11.5 Å². The van der Waals surface area contributed by atoms with Gasteiger partial charge in [-0.05, 0) is 64.3 Å². The molecule has 9 heteroatoms. The number of carbonyl (C=O) groups excluding carboxylic acids is 1. The van der Waals surface area contributed by atoms with Crippen LogP contribution in [0.2, 0.25) is 5.02 Å². The van der Waals surface area contributed by atoms with Gasteiger partial charge < -0.3 is 13.9 Å². The van der Waals surface area contributed by atoms with Crippen molar-refractivity contribution < 1.29 is 18.7 Å². The number of hydrazone groups is 1. The molecule has 0 unspecified atom stereocenters. The van der Waals surface area contributed by atoms with Crippen molar-refractivity contribution in [3.8, 4) is 11.5 Å². The molecule has 1 N–H and O–H groups in total. The van der Waals surface area contributed by atoms with Crippen LogP contribution in [0.1, 0.15) is 27.2 Å². The first-order valence-corrected chi connectivity index (χ1v) is 12.1. The molecular weight excluding hydrogens is 588 g/mol. The van der Waals surface area contributed by atoms with Gasteiger partial charge in [-0.2, -0.15) is 5.10 Å². The summed E-state index contributed by atoms with van der Waals surface area (Å²) >= 11 is 13.3. The molecule has 4 rings (SSSR count). The van der Waals surface area contributed by atoms with E-state index in [0.717, 1.165) is 19.9 Å². The first-order valence-electron chi connectivity index (χ1n) is 10.1. The van der Waals surface area contributed by atoms with Crippen molar-refractivity contribution >= 4 is 66.6 Å². The number of carbonyl (C=O) groups is 1. The van der Waals surface area contributed by atoms with E-state index in [4.69, 9.17) is 25.5 Å². The number of furan rings is 1. The molecule has 1 aromatic heterocycles. The lowest BCUT2D eigenvalue weighted by atomic mass is 10.1. The zero-order valence-electron chi connectivity index (χ0n) is 18.2. The van der Waals surface area contributed by atoms with E-state index in [2.05, 4.69) is 42.4 Å². The average Bonchev–Trinajstić information content (AvgIpc) is 3.23. The summed E-state index contributed by atoms with van der Waals surface area (Å²) in [5, 5.41) is 5.17. The van der Waals surface area contributed by atoms with Gasteiger partial charge in [0, 0.05) is 9.86 Å². The molecule has 0 saturated heterocycles. The van der Waals surface area contributed by atoms with Crippen LogP contribution < -0.4 is 14.9 Å². The maximum Gasteiger partial charge on any atom is 0.307 e. The average molecular weight is 607 g/mol. The third-order valence-corrected chi connectivity index (χ3v) is 6.22. The number of hydrogen-bond donors (Lipinski definition) is 1. The largest absolute Gasteiger partial charge is 0.493 e. The van der Waals surface area contributed by atoms with E-state index >= 15 is 0 Å². The van der Waals surface area contributed by atoms with Crippen molar-refractivity contribution in [3.63, 3.8) is 0 Å². The predicted octanol–water partition coefficient (Wildman–Crippen LogP) is 7.27. The van der Waals surface area contributed by atoms with Crippen molar-refractivity contribution in [2.75, 3.05) is 7.11 Å². The van der Waals surface area contributed by atoms with Gasteiger partial charge in [0.05, 0.1) is 22.8 Å². The van der Waals surface area contributed by atoms with E-state index in [1.165, 1.54) is 18.9 Å². The van der Waals surface area contributed by atoms with Gasteiger partial charge in [-0.25, -0.2) is 5.43 Å². The molecule has 1 amide bonds. The van der Waals surface area contributed by atoms with Gasteiger partial charge in [0.15, 0.2) is 17.3 Å². The van der Waals surface area contributed by atoms with Gasteiger partial charge in [-0.3, -0.25) is 4.79 Å². The molecule has 0 bridgehead atoms. The van der Waals surface area contributed by atoms with Crippen molar-refractivity contribution in [2.45, 2.75) is 13.5 Å². The number of nitrogens with zero attached hydrogens (tertiary/aromatic N) is 1. The molecule has 0 radical (unpaired) electrons. The summed E-state index contributed by atoms with van der Waals surface area (Å²) in [5.74, 6) is 0.554. The number of nitrogens with one attached hydrogen (secondary N) is 1. The minimum absolute atomic E-state index is 0.140. The Morgan fingerprint density at radius 2 is 1.91 bits per heavy atom. The fourth-order valence-electron chi connectivity index (χ4n) is 3.20. The van der Waals surface area contributed by atoms with Crippen molar-refractivity contribution in [3.05, 3.63) is 91.0 Å². The highest BCUT2D eigenvalue weighted by Gasteiger charge is 2.15. The molecule has 0 spiro atoms. The fourth-order valence-corrected chi connectivity index (χ4v) is 4.82. The van der Waals surface area contributed by atoms with Crippen molar-refractivity contribution in [1.29, 1.82) is 0 Å². The zero-order chi connectivity index (χ0) is 24.2. The first kappa shape index (κ1) is 24.3. The second kappa shape index (κ2) is 10.6. The van der Waals surface area contributed by atoms with Crippen LogP contribution in [0.3, 0.4) is 0 Å². The van der Waals surface area contributed by atoms with Crippen LogP contribution in [-0.2, 0) is 6.61 Å². The number of rotatable bonds is 7. The number of fused-ring (bicyclic) bond motifs is 1. The second-order valence-electron chi connectivity index (χ2n) is 7.42. The maximum atomic E-state index is 12.5.